The van der Waals surface area contributed by atoms with E-state index in [-0.39, 0.29) is 17.8 Å². The van der Waals surface area contributed by atoms with Crippen LogP contribution < -0.4 is 0 Å². The first kappa shape index (κ1) is 16.6. The highest BCUT2D eigenvalue weighted by atomic mass is 35.5. The van der Waals surface area contributed by atoms with Crippen molar-refractivity contribution in [3.05, 3.63) is 34.4 Å². The fourth-order valence-electron chi connectivity index (χ4n) is 2.18. The quantitative estimate of drug-likeness (QED) is 0.850. The second-order valence-electron chi connectivity index (χ2n) is 5.00. The van der Waals surface area contributed by atoms with Gasteiger partial charge >= 0.3 is 5.97 Å². The van der Waals surface area contributed by atoms with Crippen LogP contribution >= 0.6 is 22.9 Å². The van der Waals surface area contributed by atoms with Gasteiger partial charge in [-0.3, -0.25) is 9.59 Å². The minimum Gasteiger partial charge on any atom is -0.469 e. The summed E-state index contributed by atoms with van der Waals surface area (Å²) in [5.41, 5.74) is 1.36. The van der Waals surface area contributed by atoms with Gasteiger partial charge in [-0.05, 0) is 12.1 Å². The van der Waals surface area contributed by atoms with Crippen molar-refractivity contribution < 1.29 is 14.3 Å². The highest BCUT2D eigenvalue weighted by molar-refractivity contribution is 7.19. The van der Waals surface area contributed by atoms with Crippen molar-refractivity contribution >= 4 is 34.8 Å². The number of methoxy groups -OCH3 is 1. The van der Waals surface area contributed by atoms with Gasteiger partial charge in [-0.1, -0.05) is 18.5 Å². The Morgan fingerprint density at radius 2 is 2.14 bits per heavy atom. The molecule has 1 amide bonds. The number of rotatable bonds is 5. The lowest BCUT2D eigenvalue weighted by Gasteiger charge is -2.20. The standard InChI is InChI=1S/C15H17ClN2O3S/c1-9(15(20)21-3)8-18(2)14(19)11-7-17-6-10(11)12-4-5-13(16)22-12/h4-7,9,17H,8H2,1-3H3. The number of carbonyl (C=O) groups excluding carboxylic acids is 2. The van der Waals surface area contributed by atoms with Crippen LogP contribution in [0, 0.1) is 5.92 Å². The van der Waals surface area contributed by atoms with E-state index in [1.54, 1.807) is 32.4 Å². The molecule has 118 valence electrons. The maximum atomic E-state index is 12.6. The molecule has 22 heavy (non-hydrogen) atoms. The first-order chi connectivity index (χ1) is 10.4. The Morgan fingerprint density at radius 3 is 2.73 bits per heavy atom. The summed E-state index contributed by atoms with van der Waals surface area (Å²) in [7, 11) is 3.01. The number of carbonyl (C=O) groups is 2. The normalized spacial score (nSPS) is 12.0. The van der Waals surface area contributed by atoms with Crippen LogP contribution in [0.3, 0.4) is 0 Å². The zero-order chi connectivity index (χ0) is 16.3. The van der Waals surface area contributed by atoms with E-state index >= 15 is 0 Å². The number of aromatic nitrogens is 1. The molecule has 1 unspecified atom stereocenters. The topological polar surface area (TPSA) is 62.4 Å². The van der Waals surface area contributed by atoms with Crippen LogP contribution in [0.4, 0.5) is 0 Å². The van der Waals surface area contributed by atoms with Crippen LogP contribution in [0.5, 0.6) is 0 Å². The molecule has 0 saturated carbocycles. The lowest BCUT2D eigenvalue weighted by Crippen LogP contribution is -2.34. The van der Waals surface area contributed by atoms with Gasteiger partial charge < -0.3 is 14.6 Å². The molecule has 0 aromatic carbocycles. The monoisotopic (exact) mass is 340 g/mol. The van der Waals surface area contributed by atoms with E-state index in [4.69, 9.17) is 11.6 Å². The van der Waals surface area contributed by atoms with Gasteiger partial charge in [0.25, 0.3) is 5.91 Å². The van der Waals surface area contributed by atoms with Crippen molar-refractivity contribution in [3.8, 4) is 10.4 Å². The average molecular weight is 341 g/mol. The SMILES string of the molecule is COC(=O)C(C)CN(C)C(=O)c1c[nH]cc1-c1ccc(Cl)s1. The number of amides is 1. The molecular weight excluding hydrogens is 324 g/mol. The third-order valence-electron chi connectivity index (χ3n) is 3.31. The van der Waals surface area contributed by atoms with Crippen LogP contribution in [-0.2, 0) is 9.53 Å². The summed E-state index contributed by atoms with van der Waals surface area (Å²) in [6.45, 7) is 2.02. The van der Waals surface area contributed by atoms with Gasteiger partial charge in [0.15, 0.2) is 0 Å². The van der Waals surface area contributed by atoms with E-state index in [9.17, 15) is 9.59 Å². The average Bonchev–Trinajstić information content (AvgIpc) is 3.13. The van der Waals surface area contributed by atoms with E-state index in [1.807, 2.05) is 6.07 Å². The van der Waals surface area contributed by atoms with E-state index in [0.29, 0.717) is 16.4 Å². The van der Waals surface area contributed by atoms with Crippen molar-refractivity contribution in [3.63, 3.8) is 0 Å². The molecule has 1 atom stereocenters. The number of aromatic amines is 1. The molecule has 0 radical (unpaired) electrons. The van der Waals surface area contributed by atoms with E-state index in [0.717, 1.165) is 10.4 Å². The molecule has 0 aliphatic carbocycles. The minimum atomic E-state index is -0.377. The Bertz CT molecular complexity index is 680. The molecular formula is C15H17ClN2O3S. The molecule has 2 aromatic rings. The summed E-state index contributed by atoms with van der Waals surface area (Å²) in [4.78, 5) is 29.4. The lowest BCUT2D eigenvalue weighted by molar-refractivity contribution is -0.145. The van der Waals surface area contributed by atoms with Gasteiger partial charge in [-0.25, -0.2) is 0 Å². The fraction of sp³-hybridized carbons (Fsp3) is 0.333. The van der Waals surface area contributed by atoms with Crippen LogP contribution in [0.25, 0.3) is 10.4 Å². The second kappa shape index (κ2) is 6.98. The number of ether oxygens (including phenoxy) is 1. The van der Waals surface area contributed by atoms with E-state index in [2.05, 4.69) is 9.72 Å². The summed E-state index contributed by atoms with van der Waals surface area (Å²) >= 11 is 7.36. The Balaban J connectivity index is 2.17. The number of hydrogen-bond donors (Lipinski definition) is 1. The Kier molecular flexibility index (Phi) is 5.26. The second-order valence-corrected chi connectivity index (χ2v) is 6.71. The van der Waals surface area contributed by atoms with Crippen molar-refractivity contribution in [1.82, 2.24) is 9.88 Å². The molecule has 0 aliphatic rings. The molecule has 7 heteroatoms. The van der Waals surface area contributed by atoms with E-state index < -0.39 is 0 Å². The highest BCUT2D eigenvalue weighted by Gasteiger charge is 2.22. The van der Waals surface area contributed by atoms with Crippen molar-refractivity contribution in [1.29, 1.82) is 0 Å². The number of nitrogens with zero attached hydrogens (tertiary/aromatic N) is 1. The predicted molar refractivity (Wildman–Crippen MR) is 87.3 cm³/mol. The summed E-state index contributed by atoms with van der Waals surface area (Å²) < 4.78 is 5.35. The van der Waals surface area contributed by atoms with Gasteiger partial charge in [0.2, 0.25) is 0 Å². The van der Waals surface area contributed by atoms with Crippen molar-refractivity contribution in [2.24, 2.45) is 5.92 Å². The number of thiophene rings is 1. The molecule has 0 aliphatic heterocycles. The van der Waals surface area contributed by atoms with Gasteiger partial charge in [0.05, 0.1) is 22.9 Å². The number of H-pyrrole nitrogens is 1. The smallest absolute Gasteiger partial charge is 0.310 e. The predicted octanol–water partition coefficient (Wildman–Crippen LogP) is 3.28. The molecule has 0 bridgehead atoms. The number of halogens is 1. The van der Waals surface area contributed by atoms with Crippen LogP contribution in [-0.4, -0.2) is 42.5 Å². The van der Waals surface area contributed by atoms with Gasteiger partial charge in [0, 0.05) is 36.4 Å². The molecule has 0 fully saturated rings. The maximum Gasteiger partial charge on any atom is 0.310 e. The largest absolute Gasteiger partial charge is 0.469 e. The third-order valence-corrected chi connectivity index (χ3v) is 4.58. The van der Waals surface area contributed by atoms with Gasteiger partial charge in [-0.2, -0.15) is 0 Å². The number of esters is 1. The summed E-state index contributed by atoms with van der Waals surface area (Å²) in [6, 6.07) is 3.68. The van der Waals surface area contributed by atoms with E-state index in [1.165, 1.54) is 23.3 Å². The molecule has 5 nitrogen and oxygen atoms in total. The molecule has 1 N–H and O–H groups in total. The van der Waals surface area contributed by atoms with Crippen LogP contribution in [0.1, 0.15) is 17.3 Å². The minimum absolute atomic E-state index is 0.156. The van der Waals surface area contributed by atoms with Gasteiger partial charge in [0.1, 0.15) is 0 Å². The molecule has 0 saturated heterocycles. The van der Waals surface area contributed by atoms with Crippen molar-refractivity contribution in [2.75, 3.05) is 20.7 Å². The van der Waals surface area contributed by atoms with Crippen LogP contribution in [0.2, 0.25) is 4.34 Å². The molecule has 0 spiro atoms. The summed E-state index contributed by atoms with van der Waals surface area (Å²) in [6.07, 6.45) is 3.43. The molecule has 2 rings (SSSR count). The Labute approximate surface area is 137 Å². The number of hydrogen-bond acceptors (Lipinski definition) is 4. The first-order valence-electron chi connectivity index (χ1n) is 6.69. The van der Waals surface area contributed by atoms with Crippen LogP contribution in [0.15, 0.2) is 24.5 Å². The molecule has 2 heterocycles. The fourth-order valence-corrected chi connectivity index (χ4v) is 3.25. The van der Waals surface area contributed by atoms with Crippen molar-refractivity contribution in [2.45, 2.75) is 6.92 Å². The lowest BCUT2D eigenvalue weighted by atomic mass is 10.1. The Morgan fingerprint density at radius 1 is 1.41 bits per heavy atom. The number of nitrogens with one attached hydrogen (secondary N) is 1. The zero-order valence-corrected chi connectivity index (χ0v) is 14.1. The van der Waals surface area contributed by atoms with Gasteiger partial charge in [-0.15, -0.1) is 11.3 Å². The Hall–Kier alpha value is -1.79. The highest BCUT2D eigenvalue weighted by Crippen LogP contribution is 2.33. The summed E-state index contributed by atoms with van der Waals surface area (Å²) in [5, 5.41) is 0. The third kappa shape index (κ3) is 3.51. The summed E-state index contributed by atoms with van der Waals surface area (Å²) in [5.74, 6) is -0.868. The maximum absolute atomic E-state index is 12.6. The first-order valence-corrected chi connectivity index (χ1v) is 7.89. The zero-order valence-electron chi connectivity index (χ0n) is 12.6. The molecule has 2 aromatic heterocycles.